The van der Waals surface area contributed by atoms with Gasteiger partial charge in [-0.1, -0.05) is 44.9 Å². The first-order chi connectivity index (χ1) is 25.2. The average molecular weight is 756 g/mol. The predicted octanol–water partition coefficient (Wildman–Crippen LogP) is 4.33. The third-order valence-corrected chi connectivity index (χ3v) is 15.2. The molecule has 14 heteroatoms. The third kappa shape index (κ3) is 7.67. The van der Waals surface area contributed by atoms with Gasteiger partial charge in [0.1, 0.15) is 18.8 Å². The molecule has 0 spiro atoms. The number of aromatic nitrogens is 2. The number of aliphatic hydroxyl groups excluding tert-OH is 2. The molecule has 1 aromatic heterocycles. The van der Waals surface area contributed by atoms with Crippen molar-refractivity contribution in [3.05, 3.63) is 35.5 Å². The Balaban J connectivity index is 0.936. The van der Waals surface area contributed by atoms with Gasteiger partial charge in [0.05, 0.1) is 22.3 Å². The lowest BCUT2D eigenvalue weighted by atomic mass is 9.43. The van der Waals surface area contributed by atoms with Crippen LogP contribution in [0.4, 0.5) is 0 Å². The number of hydrogen-bond acceptors (Lipinski definition) is 11. The van der Waals surface area contributed by atoms with Crippen LogP contribution >= 0.6 is 0 Å². The van der Waals surface area contributed by atoms with E-state index in [0.29, 0.717) is 41.9 Å². The largest absolute Gasteiger partial charge is 0.453 e. The van der Waals surface area contributed by atoms with Crippen molar-refractivity contribution in [1.82, 2.24) is 10.5 Å². The summed E-state index contributed by atoms with van der Waals surface area (Å²) in [6.45, 7) is 8.43. The van der Waals surface area contributed by atoms with Crippen molar-refractivity contribution in [2.75, 3.05) is 6.61 Å². The maximum atomic E-state index is 12.9. The molecule has 3 N–H and O–H groups in total. The minimum absolute atomic E-state index is 0.00767. The van der Waals surface area contributed by atoms with E-state index in [0.717, 1.165) is 51.4 Å². The molecule has 13 nitrogen and oxygen atoms in total. The number of hydrogen-bond donors (Lipinski definition) is 3. The number of amides is 1. The Hall–Kier alpha value is -3.67. The molecular weight excluding hydrogens is 703 g/mol. The number of ether oxygens (including phenoxy) is 2. The highest BCUT2D eigenvalue weighted by Gasteiger charge is 2.62. The fourth-order valence-electron chi connectivity index (χ4n) is 10.8. The van der Waals surface area contributed by atoms with Crippen LogP contribution in [0.1, 0.15) is 98.3 Å². The van der Waals surface area contributed by atoms with Gasteiger partial charge in [-0.05, 0) is 128 Å². The zero-order chi connectivity index (χ0) is 38.1. The molecule has 290 valence electrons. The number of nitrogens with one attached hydrogen (secondary N) is 1. The van der Waals surface area contributed by atoms with Crippen molar-refractivity contribution in [2.45, 2.75) is 126 Å². The van der Waals surface area contributed by atoms with E-state index < -0.39 is 32.8 Å². The molecular formula is C39H53N3O10S. The minimum Gasteiger partial charge on any atom is -0.453 e. The quantitative estimate of drug-likeness (QED) is 0.128. The van der Waals surface area contributed by atoms with Gasteiger partial charge in [0.25, 0.3) is 9.84 Å². The Morgan fingerprint density at radius 3 is 2.55 bits per heavy atom. The lowest BCUT2D eigenvalue weighted by molar-refractivity contribution is -0.832. The monoisotopic (exact) mass is 755 g/mol. The molecule has 0 radical (unpaired) electrons. The molecule has 1 aromatic carbocycles. The van der Waals surface area contributed by atoms with Crippen LogP contribution in [-0.4, -0.2) is 60.5 Å². The topological polar surface area (TPSA) is 192 Å². The van der Waals surface area contributed by atoms with Gasteiger partial charge in [0, 0.05) is 12.8 Å². The third-order valence-electron chi connectivity index (χ3n) is 13.5. The van der Waals surface area contributed by atoms with Gasteiger partial charge in [0.15, 0.2) is 0 Å². The zero-order valence-electron chi connectivity index (χ0n) is 31.0. The SMILES string of the molecule is C[C@H](NC(=O)CC[C@@H](C)[C@H]1CC[C@H]2C3[C@@H](O)C[C@@H]4C[C@H](O)CC[C@]4(C)[C@H]3CC[C@]12C)C(=O)OC#CCCOc1no[n+]([O-])c1S(=O)(=O)c1ccccc1. The van der Waals surface area contributed by atoms with Crippen LogP contribution in [0.2, 0.25) is 0 Å². The Morgan fingerprint density at radius 1 is 1.08 bits per heavy atom. The van der Waals surface area contributed by atoms with E-state index in [1.54, 1.807) is 6.07 Å². The molecule has 6 rings (SSSR count). The highest BCUT2D eigenvalue weighted by molar-refractivity contribution is 7.91. The summed E-state index contributed by atoms with van der Waals surface area (Å²) < 4.78 is 40.5. The number of rotatable bonds is 11. The van der Waals surface area contributed by atoms with Crippen molar-refractivity contribution < 1.29 is 47.2 Å². The van der Waals surface area contributed by atoms with Gasteiger partial charge in [-0.15, -0.1) is 0 Å². The van der Waals surface area contributed by atoms with E-state index in [-0.39, 0.29) is 58.2 Å². The first-order valence-corrected chi connectivity index (χ1v) is 20.5. The summed E-state index contributed by atoms with van der Waals surface area (Å²) in [4.78, 5) is 25.0. The molecule has 4 aliphatic carbocycles. The fourth-order valence-corrected chi connectivity index (χ4v) is 12.1. The molecule has 11 atom stereocenters. The molecule has 0 aliphatic heterocycles. The molecule has 4 fully saturated rings. The maximum Gasteiger partial charge on any atom is 0.415 e. The molecule has 4 aliphatic rings. The van der Waals surface area contributed by atoms with Gasteiger partial charge < -0.3 is 30.2 Å². The standard InChI is InChI=1S/C39H53N3O10S/c1-24(29-13-14-30-34-31(17-19-39(29,30)4)38(3)18-16-27(43)22-26(38)23-32(34)44)12-15-33(45)40-25(2)37(46)51-21-9-8-20-50-35-36(42(47)52-41-35)53(48,49)28-10-6-5-7-11-28/h5-7,10-11,24-27,29-32,34,43-44H,8,12-20,22-23H2,1-4H3,(H,40,45)/t24-,25+,26+,27-,29-,30+,31+,32+,34?,38+,39-/m1/s1. The van der Waals surface area contributed by atoms with E-state index >= 15 is 0 Å². The molecule has 4 saturated carbocycles. The summed E-state index contributed by atoms with van der Waals surface area (Å²) in [5, 5.41) is 39.2. The van der Waals surface area contributed by atoms with Gasteiger partial charge in [-0.25, -0.2) is 13.2 Å². The first-order valence-electron chi connectivity index (χ1n) is 19.0. The molecule has 53 heavy (non-hydrogen) atoms. The van der Waals surface area contributed by atoms with Crippen LogP contribution in [-0.2, 0) is 24.2 Å². The lowest BCUT2D eigenvalue weighted by Gasteiger charge is -2.62. The summed E-state index contributed by atoms with van der Waals surface area (Å²) in [6, 6.07) is 6.40. The summed E-state index contributed by atoms with van der Waals surface area (Å²) in [5.74, 6) is 3.50. The number of nitrogens with zero attached hydrogens (tertiary/aromatic N) is 2. The number of carbonyl (C=O) groups excluding carboxylic acids is 2. The molecule has 2 aromatic rings. The van der Waals surface area contributed by atoms with E-state index in [2.05, 4.69) is 47.9 Å². The fraction of sp³-hybridized carbons (Fsp3) is 0.692. The molecule has 1 unspecified atom stereocenters. The van der Waals surface area contributed by atoms with Gasteiger partial charge in [0.2, 0.25) is 5.91 Å². The van der Waals surface area contributed by atoms with E-state index in [4.69, 9.17) is 9.47 Å². The zero-order valence-corrected chi connectivity index (χ0v) is 31.8. The van der Waals surface area contributed by atoms with Crippen molar-refractivity contribution in [3.63, 3.8) is 0 Å². The van der Waals surface area contributed by atoms with Crippen LogP contribution < -0.4 is 15.0 Å². The molecule has 1 amide bonds. The first kappa shape index (κ1) is 39.0. The highest BCUT2D eigenvalue weighted by Crippen LogP contribution is 2.68. The number of sulfone groups is 1. The average Bonchev–Trinajstić information content (AvgIpc) is 3.69. The smallest absolute Gasteiger partial charge is 0.415 e. The summed E-state index contributed by atoms with van der Waals surface area (Å²) in [7, 11) is -4.25. The Morgan fingerprint density at radius 2 is 1.79 bits per heavy atom. The van der Waals surface area contributed by atoms with Crippen LogP contribution in [0.15, 0.2) is 44.9 Å². The summed E-state index contributed by atoms with van der Waals surface area (Å²) in [5.41, 5.74) is 0.303. The number of benzene rings is 1. The van der Waals surface area contributed by atoms with E-state index in [1.807, 2.05) is 0 Å². The number of carbonyl (C=O) groups is 2. The van der Waals surface area contributed by atoms with Crippen LogP contribution in [0.5, 0.6) is 5.88 Å². The normalized spacial score (nSPS) is 33.2. The maximum absolute atomic E-state index is 12.9. The number of fused-ring (bicyclic) bond motifs is 5. The molecule has 1 heterocycles. The van der Waals surface area contributed by atoms with Crippen LogP contribution in [0.3, 0.4) is 0 Å². The summed E-state index contributed by atoms with van der Waals surface area (Å²) in [6.07, 6.45) is 10.6. The second-order valence-corrected chi connectivity index (χ2v) is 18.3. The lowest BCUT2D eigenvalue weighted by Crippen LogP contribution is -2.58. The van der Waals surface area contributed by atoms with Crippen molar-refractivity contribution in [2.24, 2.45) is 46.3 Å². The van der Waals surface area contributed by atoms with E-state index in [1.165, 1.54) is 31.2 Å². The Kier molecular flexibility index (Phi) is 11.5. The van der Waals surface area contributed by atoms with Crippen LogP contribution in [0.25, 0.3) is 0 Å². The van der Waals surface area contributed by atoms with Gasteiger partial charge in [-0.3, -0.25) is 9.42 Å². The summed E-state index contributed by atoms with van der Waals surface area (Å²) >= 11 is 0. The number of aliphatic hydroxyl groups is 2. The van der Waals surface area contributed by atoms with Crippen molar-refractivity contribution in [3.8, 4) is 17.9 Å². The van der Waals surface area contributed by atoms with Crippen LogP contribution in [0, 0.1) is 63.6 Å². The molecule has 0 saturated heterocycles. The minimum atomic E-state index is -4.25. The van der Waals surface area contributed by atoms with Crippen molar-refractivity contribution in [1.29, 1.82) is 0 Å². The van der Waals surface area contributed by atoms with Crippen molar-refractivity contribution >= 4 is 21.7 Å². The second-order valence-electron chi connectivity index (χ2n) is 16.4. The van der Waals surface area contributed by atoms with E-state index in [9.17, 15) is 33.4 Å². The second kappa shape index (κ2) is 15.6. The predicted molar refractivity (Wildman–Crippen MR) is 190 cm³/mol. The molecule has 0 bridgehead atoms. The number of esters is 1. The highest BCUT2D eigenvalue weighted by atomic mass is 32.2. The Labute approximate surface area is 311 Å². The van der Waals surface area contributed by atoms with Gasteiger partial charge >= 0.3 is 16.9 Å². The van der Waals surface area contributed by atoms with Gasteiger partial charge in [-0.2, -0.15) is 0 Å². The Bertz CT molecular complexity index is 1810.